The Kier molecular flexibility index (Phi) is 56.0. The number of rotatable bonds is 57. The number of amides is 1. The van der Waals surface area contributed by atoms with Crippen molar-refractivity contribution in [1.82, 2.24) is 5.32 Å². The number of carbonyl (C=O) groups excluding carboxylic acids is 2. The van der Waals surface area contributed by atoms with Gasteiger partial charge in [0.25, 0.3) is 0 Å². The van der Waals surface area contributed by atoms with Gasteiger partial charge < -0.3 is 20.3 Å². The number of allylic oxidation sites excluding steroid dienone is 1. The second kappa shape index (κ2) is 57.2. The summed E-state index contributed by atoms with van der Waals surface area (Å²) >= 11 is 0. The van der Waals surface area contributed by atoms with Crippen LogP contribution in [0.2, 0.25) is 0 Å². The minimum atomic E-state index is -0.862. The number of nitrogens with one attached hydrogen (secondary N) is 1. The molecule has 0 saturated heterocycles. The number of carbonyl (C=O) groups is 2. The van der Waals surface area contributed by atoms with Gasteiger partial charge in [0.05, 0.1) is 25.4 Å². The molecule has 0 spiro atoms. The van der Waals surface area contributed by atoms with Crippen LogP contribution in [0.4, 0.5) is 0 Å². The largest absolute Gasteiger partial charge is 0.466 e. The quantitative estimate of drug-likeness (QED) is 0.0321. The third kappa shape index (κ3) is 53.8. The molecule has 0 radical (unpaired) electrons. The monoisotopic (exact) mass is 946 g/mol. The lowest BCUT2D eigenvalue weighted by molar-refractivity contribution is -0.143. The molecular weight excluding hydrogens is 827 g/mol. The fourth-order valence-corrected chi connectivity index (χ4v) is 9.64. The highest BCUT2D eigenvalue weighted by Crippen LogP contribution is 2.18. The molecule has 0 heterocycles. The van der Waals surface area contributed by atoms with Crippen LogP contribution in [0.5, 0.6) is 0 Å². The molecule has 0 aliphatic heterocycles. The maximum atomic E-state index is 12.5. The van der Waals surface area contributed by atoms with Gasteiger partial charge in [-0.05, 0) is 32.1 Å². The molecule has 6 nitrogen and oxygen atoms in total. The summed E-state index contributed by atoms with van der Waals surface area (Å²) in [7, 11) is 0. The number of hydrogen-bond acceptors (Lipinski definition) is 5. The minimum absolute atomic E-state index is 0.0220. The summed E-state index contributed by atoms with van der Waals surface area (Å²) in [6.45, 7) is 4.88. The van der Waals surface area contributed by atoms with E-state index in [1.165, 1.54) is 257 Å². The van der Waals surface area contributed by atoms with Gasteiger partial charge in [-0.3, -0.25) is 9.59 Å². The lowest BCUT2D eigenvalue weighted by Crippen LogP contribution is -2.45. The van der Waals surface area contributed by atoms with E-state index in [2.05, 4.69) is 19.2 Å². The zero-order valence-electron chi connectivity index (χ0n) is 45.4. The van der Waals surface area contributed by atoms with Gasteiger partial charge >= 0.3 is 5.97 Å². The molecule has 2 atom stereocenters. The van der Waals surface area contributed by atoms with Gasteiger partial charge in [0.15, 0.2) is 0 Å². The predicted molar refractivity (Wildman–Crippen MR) is 292 cm³/mol. The molecule has 0 aromatic rings. The summed E-state index contributed by atoms with van der Waals surface area (Å²) in [5.41, 5.74) is 0. The van der Waals surface area contributed by atoms with Crippen LogP contribution in [0, 0.1) is 0 Å². The zero-order chi connectivity index (χ0) is 48.6. The van der Waals surface area contributed by atoms with Crippen molar-refractivity contribution >= 4 is 11.9 Å². The first-order chi connectivity index (χ1) is 33.0. The van der Waals surface area contributed by atoms with E-state index in [0.29, 0.717) is 19.4 Å². The molecule has 1 amide bonds. The SMILES string of the molecule is CCCCCCCCCCCCCCCCCCCCCCCC/C=C/C(O)C(CO)NC(=O)CCCCCCCCCCCOC(=O)CCCCCCCCCCCCCCCCCCC. The normalized spacial score (nSPS) is 12.6. The number of aliphatic hydroxyl groups is 2. The molecule has 2 unspecified atom stereocenters. The lowest BCUT2D eigenvalue weighted by Gasteiger charge is -2.20. The molecule has 398 valence electrons. The van der Waals surface area contributed by atoms with E-state index in [0.717, 1.165) is 57.8 Å². The topological polar surface area (TPSA) is 95.9 Å². The number of ether oxygens (including phenoxy) is 1. The summed E-state index contributed by atoms with van der Waals surface area (Å²) in [6, 6.07) is -0.648. The Morgan fingerprint density at radius 3 is 1.01 bits per heavy atom. The highest BCUT2D eigenvalue weighted by molar-refractivity contribution is 5.76. The van der Waals surface area contributed by atoms with Crippen LogP contribution in [0.3, 0.4) is 0 Å². The Hall–Kier alpha value is -1.40. The van der Waals surface area contributed by atoms with Gasteiger partial charge in [-0.25, -0.2) is 0 Å². The summed E-state index contributed by atoms with van der Waals surface area (Å²) in [4.78, 5) is 24.6. The second-order valence-corrected chi connectivity index (χ2v) is 21.0. The van der Waals surface area contributed by atoms with Crippen molar-refractivity contribution in [2.24, 2.45) is 0 Å². The highest BCUT2D eigenvalue weighted by atomic mass is 16.5. The predicted octanol–water partition coefficient (Wildman–Crippen LogP) is 18.9. The van der Waals surface area contributed by atoms with E-state index in [9.17, 15) is 19.8 Å². The Balaban J connectivity index is 3.48. The molecule has 0 aliphatic carbocycles. The van der Waals surface area contributed by atoms with Crippen molar-refractivity contribution in [3.05, 3.63) is 12.2 Å². The smallest absolute Gasteiger partial charge is 0.305 e. The van der Waals surface area contributed by atoms with Crippen molar-refractivity contribution in [1.29, 1.82) is 0 Å². The van der Waals surface area contributed by atoms with Gasteiger partial charge in [0.2, 0.25) is 5.91 Å². The van der Waals surface area contributed by atoms with Gasteiger partial charge in [-0.15, -0.1) is 0 Å². The second-order valence-electron chi connectivity index (χ2n) is 21.0. The van der Waals surface area contributed by atoms with E-state index in [-0.39, 0.29) is 18.5 Å². The molecule has 0 rings (SSSR count). The Labute approximate surface area is 419 Å². The molecule has 0 aliphatic rings. The number of unbranched alkanes of at least 4 members (excludes halogenated alkanes) is 46. The maximum Gasteiger partial charge on any atom is 0.305 e. The minimum Gasteiger partial charge on any atom is -0.466 e. The van der Waals surface area contributed by atoms with Gasteiger partial charge in [-0.1, -0.05) is 309 Å². The van der Waals surface area contributed by atoms with E-state index >= 15 is 0 Å². The Morgan fingerprint density at radius 1 is 0.403 bits per heavy atom. The van der Waals surface area contributed by atoms with Crippen LogP contribution in [0.25, 0.3) is 0 Å². The van der Waals surface area contributed by atoms with E-state index in [1.54, 1.807) is 6.08 Å². The first-order valence-corrected chi connectivity index (χ1v) is 30.5. The summed E-state index contributed by atoms with van der Waals surface area (Å²) in [5, 5.41) is 23.2. The van der Waals surface area contributed by atoms with E-state index < -0.39 is 12.1 Å². The summed E-state index contributed by atoms with van der Waals surface area (Å²) in [5.74, 6) is -0.113. The van der Waals surface area contributed by atoms with Gasteiger partial charge in [0.1, 0.15) is 0 Å². The van der Waals surface area contributed by atoms with E-state index in [4.69, 9.17) is 4.74 Å². The first-order valence-electron chi connectivity index (χ1n) is 30.5. The Bertz CT molecular complexity index is 1000. The molecule has 67 heavy (non-hydrogen) atoms. The Morgan fingerprint density at radius 2 is 0.687 bits per heavy atom. The summed E-state index contributed by atoms with van der Waals surface area (Å²) < 4.78 is 5.47. The van der Waals surface area contributed by atoms with Crippen LogP contribution >= 0.6 is 0 Å². The molecular formula is C61H119NO5. The average molecular weight is 947 g/mol. The van der Waals surface area contributed by atoms with Crippen molar-refractivity contribution in [2.75, 3.05) is 13.2 Å². The summed E-state index contributed by atoms with van der Waals surface area (Å²) in [6.07, 6.45) is 68.1. The first kappa shape index (κ1) is 65.6. The molecule has 0 aromatic carbocycles. The highest BCUT2D eigenvalue weighted by Gasteiger charge is 2.18. The molecule has 0 bridgehead atoms. The third-order valence-corrected chi connectivity index (χ3v) is 14.3. The lowest BCUT2D eigenvalue weighted by atomic mass is 10.0. The maximum absolute atomic E-state index is 12.5. The van der Waals surface area contributed by atoms with E-state index in [1.807, 2.05) is 6.08 Å². The van der Waals surface area contributed by atoms with Crippen LogP contribution in [-0.4, -0.2) is 47.4 Å². The molecule has 0 saturated carbocycles. The number of aliphatic hydroxyl groups excluding tert-OH is 2. The van der Waals surface area contributed by atoms with Crippen LogP contribution in [-0.2, 0) is 14.3 Å². The molecule has 3 N–H and O–H groups in total. The van der Waals surface area contributed by atoms with Gasteiger partial charge in [0, 0.05) is 12.8 Å². The zero-order valence-corrected chi connectivity index (χ0v) is 45.4. The fraction of sp³-hybridized carbons (Fsp3) is 0.934. The van der Waals surface area contributed by atoms with Crippen LogP contribution in [0.1, 0.15) is 341 Å². The fourth-order valence-electron chi connectivity index (χ4n) is 9.64. The molecule has 6 heteroatoms. The van der Waals surface area contributed by atoms with Crippen molar-refractivity contribution in [2.45, 2.75) is 353 Å². The van der Waals surface area contributed by atoms with Crippen molar-refractivity contribution < 1.29 is 24.5 Å². The van der Waals surface area contributed by atoms with Crippen molar-refractivity contribution in [3.8, 4) is 0 Å². The third-order valence-electron chi connectivity index (χ3n) is 14.3. The van der Waals surface area contributed by atoms with Crippen molar-refractivity contribution in [3.63, 3.8) is 0 Å². The van der Waals surface area contributed by atoms with Crippen LogP contribution in [0.15, 0.2) is 12.2 Å². The van der Waals surface area contributed by atoms with Crippen LogP contribution < -0.4 is 5.32 Å². The molecule has 0 aromatic heterocycles. The average Bonchev–Trinajstić information content (AvgIpc) is 3.33. The van der Waals surface area contributed by atoms with Gasteiger partial charge in [-0.2, -0.15) is 0 Å². The number of hydrogen-bond donors (Lipinski definition) is 3. The number of esters is 1. The standard InChI is InChI=1S/C61H119NO5/c1-3-5-7-9-11-13-15-17-19-21-22-23-24-25-26-27-29-30-32-34-37-41-45-49-53-59(64)58(57-63)62-60(65)54-50-46-42-38-36-40-44-48-52-56-67-61(66)55-51-47-43-39-35-33-31-28-20-18-16-14-12-10-8-6-4-2/h49,53,58-59,63-64H,3-48,50-52,54-57H2,1-2H3,(H,62,65)/b53-49+. The molecule has 0 fully saturated rings.